The van der Waals surface area contributed by atoms with Crippen molar-refractivity contribution in [1.82, 2.24) is 9.96 Å². The molecule has 3 atom stereocenters. The molecule has 0 amide bonds. The minimum atomic E-state index is -3.20. The number of benzene rings is 2. The van der Waals surface area contributed by atoms with E-state index in [1.165, 1.54) is 11.8 Å². The van der Waals surface area contributed by atoms with E-state index in [-0.39, 0.29) is 18.8 Å². The zero-order chi connectivity index (χ0) is 17.4. The second-order valence-corrected chi connectivity index (χ2v) is 9.04. The zero-order valence-corrected chi connectivity index (χ0v) is 15.0. The van der Waals surface area contributed by atoms with Crippen LogP contribution in [0.15, 0.2) is 60.7 Å². The standard InChI is InChI=1S/C19H22N2O3S/c1-25(22,23)18-14-24-21-17(16-10-6-3-7-11-16)13-20(19(18)21)12-15-8-4-2-5-9-15/h2-11,17-19H,12-14H2,1H3/t17-,18+,19+/m1/s1. The molecule has 0 aromatic heterocycles. The molecule has 0 unspecified atom stereocenters. The number of hydrogen-bond acceptors (Lipinski definition) is 5. The molecule has 2 aliphatic rings. The smallest absolute Gasteiger partial charge is 0.155 e. The lowest BCUT2D eigenvalue weighted by Crippen LogP contribution is -2.44. The van der Waals surface area contributed by atoms with E-state index >= 15 is 0 Å². The van der Waals surface area contributed by atoms with Crippen LogP contribution >= 0.6 is 0 Å². The van der Waals surface area contributed by atoms with E-state index in [9.17, 15) is 8.42 Å². The number of hydroxylamine groups is 2. The molecular weight excluding hydrogens is 336 g/mol. The molecule has 2 aliphatic heterocycles. The normalized spacial score (nSPS) is 27.5. The number of hydrogen-bond donors (Lipinski definition) is 0. The van der Waals surface area contributed by atoms with Crippen LogP contribution in [0.4, 0.5) is 0 Å². The van der Waals surface area contributed by atoms with Crippen molar-refractivity contribution in [2.24, 2.45) is 0 Å². The molecule has 132 valence electrons. The van der Waals surface area contributed by atoms with Crippen molar-refractivity contribution in [3.05, 3.63) is 71.8 Å². The number of rotatable bonds is 4. The van der Waals surface area contributed by atoms with Gasteiger partial charge in [0.25, 0.3) is 0 Å². The molecule has 2 aromatic carbocycles. The predicted molar refractivity (Wildman–Crippen MR) is 96.2 cm³/mol. The van der Waals surface area contributed by atoms with Crippen molar-refractivity contribution in [2.45, 2.75) is 24.0 Å². The summed E-state index contributed by atoms with van der Waals surface area (Å²) in [5, 5.41) is 1.37. The van der Waals surface area contributed by atoms with Gasteiger partial charge in [-0.1, -0.05) is 60.7 Å². The van der Waals surface area contributed by atoms with Crippen molar-refractivity contribution in [1.29, 1.82) is 0 Å². The van der Waals surface area contributed by atoms with Gasteiger partial charge in [0.05, 0.1) is 12.6 Å². The molecule has 0 radical (unpaired) electrons. The second-order valence-electron chi connectivity index (χ2n) is 6.78. The first-order chi connectivity index (χ1) is 12.0. The summed E-state index contributed by atoms with van der Waals surface area (Å²) >= 11 is 0. The maximum atomic E-state index is 12.3. The largest absolute Gasteiger partial charge is 0.295 e. The third kappa shape index (κ3) is 3.22. The Morgan fingerprint density at radius 1 is 1.04 bits per heavy atom. The first kappa shape index (κ1) is 16.7. The van der Waals surface area contributed by atoms with Gasteiger partial charge in [0, 0.05) is 19.3 Å². The Hall–Kier alpha value is -1.73. The average molecular weight is 358 g/mol. The van der Waals surface area contributed by atoms with Crippen LogP contribution in [-0.4, -0.2) is 49.2 Å². The van der Waals surface area contributed by atoms with Crippen LogP contribution in [0.3, 0.4) is 0 Å². The van der Waals surface area contributed by atoms with Gasteiger partial charge in [0.15, 0.2) is 9.84 Å². The zero-order valence-electron chi connectivity index (χ0n) is 14.2. The third-order valence-corrected chi connectivity index (χ3v) is 6.51. The fourth-order valence-corrected chi connectivity index (χ4v) is 4.86. The summed E-state index contributed by atoms with van der Waals surface area (Å²) in [5.41, 5.74) is 2.33. The summed E-state index contributed by atoms with van der Waals surface area (Å²) in [6.45, 7) is 1.68. The fourth-order valence-electron chi connectivity index (χ4n) is 3.82. The number of nitrogens with zero attached hydrogens (tertiary/aromatic N) is 2. The quantitative estimate of drug-likeness (QED) is 0.839. The van der Waals surface area contributed by atoms with E-state index in [0.717, 1.165) is 12.1 Å². The Morgan fingerprint density at radius 3 is 2.32 bits per heavy atom. The summed E-state index contributed by atoms with van der Waals surface area (Å²) in [4.78, 5) is 8.09. The van der Waals surface area contributed by atoms with E-state index < -0.39 is 15.1 Å². The SMILES string of the molecule is CS(=O)(=O)[C@H]1CON2[C@@H](c3ccccc3)CN(Cc3ccccc3)[C@H]12. The third-order valence-electron chi connectivity index (χ3n) is 5.03. The summed E-state index contributed by atoms with van der Waals surface area (Å²) in [7, 11) is -3.20. The van der Waals surface area contributed by atoms with Crippen molar-refractivity contribution < 1.29 is 13.3 Å². The average Bonchev–Trinajstić information content (AvgIpc) is 3.18. The van der Waals surface area contributed by atoms with E-state index in [1.807, 2.05) is 41.5 Å². The van der Waals surface area contributed by atoms with Gasteiger partial charge in [-0.15, -0.1) is 0 Å². The second kappa shape index (κ2) is 6.53. The molecule has 2 heterocycles. The van der Waals surface area contributed by atoms with Crippen LogP contribution in [0, 0.1) is 0 Å². The molecule has 6 heteroatoms. The molecule has 2 saturated heterocycles. The van der Waals surface area contributed by atoms with Gasteiger partial charge < -0.3 is 0 Å². The highest BCUT2D eigenvalue weighted by Crippen LogP contribution is 2.40. The van der Waals surface area contributed by atoms with Gasteiger partial charge in [-0.3, -0.25) is 9.74 Å². The molecule has 2 aromatic rings. The maximum Gasteiger partial charge on any atom is 0.155 e. The fraction of sp³-hybridized carbons (Fsp3) is 0.368. The van der Waals surface area contributed by atoms with E-state index in [4.69, 9.17) is 4.84 Å². The molecule has 0 spiro atoms. The van der Waals surface area contributed by atoms with Crippen molar-refractivity contribution >= 4 is 9.84 Å². The Kier molecular flexibility index (Phi) is 4.37. The Bertz CT molecular complexity index is 826. The van der Waals surface area contributed by atoms with Gasteiger partial charge in [0.1, 0.15) is 11.4 Å². The van der Waals surface area contributed by atoms with Gasteiger partial charge >= 0.3 is 0 Å². The first-order valence-electron chi connectivity index (χ1n) is 8.47. The number of sulfone groups is 1. The lowest BCUT2D eigenvalue weighted by Gasteiger charge is -2.26. The minimum Gasteiger partial charge on any atom is -0.295 e. The molecule has 0 bridgehead atoms. The molecule has 4 rings (SSSR count). The maximum absolute atomic E-state index is 12.3. The molecule has 5 nitrogen and oxygen atoms in total. The minimum absolute atomic E-state index is 0.0432. The lowest BCUT2D eigenvalue weighted by atomic mass is 10.1. The van der Waals surface area contributed by atoms with E-state index in [1.54, 1.807) is 0 Å². The number of fused-ring (bicyclic) bond motifs is 1. The van der Waals surface area contributed by atoms with Crippen molar-refractivity contribution in [3.8, 4) is 0 Å². The molecular formula is C19H22N2O3S. The molecule has 0 aliphatic carbocycles. The Labute approximate surface area is 148 Å². The van der Waals surface area contributed by atoms with Crippen molar-refractivity contribution in [3.63, 3.8) is 0 Å². The highest BCUT2D eigenvalue weighted by atomic mass is 32.2. The Morgan fingerprint density at radius 2 is 1.68 bits per heavy atom. The summed E-state index contributed by atoms with van der Waals surface area (Å²) < 4.78 is 24.6. The van der Waals surface area contributed by atoms with Gasteiger partial charge in [-0.2, -0.15) is 5.06 Å². The summed E-state index contributed by atoms with van der Waals surface area (Å²) in [6.07, 6.45) is 1.06. The van der Waals surface area contributed by atoms with Gasteiger partial charge in [-0.25, -0.2) is 8.42 Å². The monoisotopic (exact) mass is 358 g/mol. The first-order valence-corrected chi connectivity index (χ1v) is 10.4. The molecule has 25 heavy (non-hydrogen) atoms. The van der Waals surface area contributed by atoms with Crippen LogP contribution in [0.2, 0.25) is 0 Å². The lowest BCUT2D eigenvalue weighted by molar-refractivity contribution is -0.150. The summed E-state index contributed by atoms with van der Waals surface area (Å²) in [5.74, 6) is 0. The van der Waals surface area contributed by atoms with Crippen LogP contribution in [0.25, 0.3) is 0 Å². The topological polar surface area (TPSA) is 49.9 Å². The molecule has 2 fully saturated rings. The van der Waals surface area contributed by atoms with Gasteiger partial charge in [0.2, 0.25) is 0 Å². The van der Waals surface area contributed by atoms with Crippen LogP contribution in [-0.2, 0) is 21.2 Å². The van der Waals surface area contributed by atoms with E-state index in [0.29, 0.717) is 6.54 Å². The van der Waals surface area contributed by atoms with Crippen molar-refractivity contribution in [2.75, 3.05) is 19.4 Å². The van der Waals surface area contributed by atoms with Gasteiger partial charge in [-0.05, 0) is 11.1 Å². The molecule has 0 N–H and O–H groups in total. The highest BCUT2D eigenvalue weighted by Gasteiger charge is 2.52. The summed E-state index contributed by atoms with van der Waals surface area (Å²) in [6, 6.07) is 20.4. The van der Waals surface area contributed by atoms with Crippen LogP contribution in [0.5, 0.6) is 0 Å². The van der Waals surface area contributed by atoms with Crippen LogP contribution in [0.1, 0.15) is 17.2 Å². The van der Waals surface area contributed by atoms with Crippen LogP contribution < -0.4 is 0 Å². The van der Waals surface area contributed by atoms with E-state index in [2.05, 4.69) is 29.2 Å². The highest BCUT2D eigenvalue weighted by molar-refractivity contribution is 7.91. The molecule has 0 saturated carbocycles. The Balaban J connectivity index is 1.67. The predicted octanol–water partition coefficient (Wildman–Crippen LogP) is 2.23.